The molecule has 0 atom stereocenters. The van der Waals surface area contributed by atoms with Crippen molar-refractivity contribution in [1.82, 2.24) is 0 Å². The van der Waals surface area contributed by atoms with Crippen LogP contribution >= 0.6 is 0 Å². The SMILES string of the molecule is C=C/C=C(\C=C/C)c1cc(F)c(F)c(Nc2ccc(C)cc2F)c1C(N)=O.CC. The molecule has 154 valence electrons. The maximum Gasteiger partial charge on any atom is 0.251 e. The first-order chi connectivity index (χ1) is 13.8. The molecule has 0 aliphatic carbocycles. The van der Waals surface area contributed by atoms with Crippen molar-refractivity contribution in [2.24, 2.45) is 5.73 Å². The highest BCUT2D eigenvalue weighted by atomic mass is 19.2. The van der Waals surface area contributed by atoms with Crippen LogP contribution < -0.4 is 11.1 Å². The van der Waals surface area contributed by atoms with Gasteiger partial charge in [0.1, 0.15) is 5.82 Å². The summed E-state index contributed by atoms with van der Waals surface area (Å²) in [6, 6.07) is 5.07. The lowest BCUT2D eigenvalue weighted by atomic mass is 9.95. The molecule has 29 heavy (non-hydrogen) atoms. The molecule has 0 radical (unpaired) electrons. The van der Waals surface area contributed by atoms with E-state index in [1.807, 2.05) is 13.8 Å². The van der Waals surface area contributed by atoms with Gasteiger partial charge in [0.25, 0.3) is 5.91 Å². The summed E-state index contributed by atoms with van der Waals surface area (Å²) in [5, 5.41) is 2.47. The molecule has 0 spiro atoms. The first kappa shape index (κ1) is 23.8. The van der Waals surface area contributed by atoms with Gasteiger partial charge in [0.15, 0.2) is 11.6 Å². The Balaban J connectivity index is 0.00000204. The van der Waals surface area contributed by atoms with Crippen LogP contribution in [-0.2, 0) is 0 Å². The highest BCUT2D eigenvalue weighted by molar-refractivity contribution is 6.05. The van der Waals surface area contributed by atoms with Crippen molar-refractivity contribution >= 4 is 22.9 Å². The van der Waals surface area contributed by atoms with Crippen molar-refractivity contribution in [2.45, 2.75) is 27.7 Å². The van der Waals surface area contributed by atoms with Crippen LogP contribution in [0.3, 0.4) is 0 Å². The number of anilines is 2. The monoisotopic (exact) mass is 402 g/mol. The second-order valence-electron chi connectivity index (χ2n) is 5.80. The van der Waals surface area contributed by atoms with E-state index in [-0.39, 0.29) is 16.8 Å². The maximum absolute atomic E-state index is 14.5. The van der Waals surface area contributed by atoms with E-state index >= 15 is 0 Å². The van der Waals surface area contributed by atoms with E-state index in [1.165, 1.54) is 24.3 Å². The average molecular weight is 402 g/mol. The van der Waals surface area contributed by atoms with Crippen molar-refractivity contribution < 1.29 is 18.0 Å². The third-order valence-corrected chi connectivity index (χ3v) is 3.80. The first-order valence-corrected chi connectivity index (χ1v) is 9.10. The lowest BCUT2D eigenvalue weighted by Gasteiger charge is -2.17. The molecule has 2 aromatic carbocycles. The summed E-state index contributed by atoms with van der Waals surface area (Å²) in [5.41, 5.74) is 5.62. The van der Waals surface area contributed by atoms with Crippen molar-refractivity contribution in [3.8, 4) is 0 Å². The molecule has 1 amide bonds. The molecule has 0 aliphatic rings. The fraction of sp³-hybridized carbons (Fsp3) is 0.174. The zero-order valence-corrected chi connectivity index (χ0v) is 16.9. The molecular formula is C23H25F3N2O. The standard InChI is InChI=1S/C21H19F3N2O.C2H6/c1-4-6-13(7-5-2)14-11-16(23)19(24)20(18(14)21(25)27)26-17-9-8-12(3)10-15(17)22;1-2/h4-11,26H,1H2,2-3H3,(H2,25,27);1-2H3/b7-5-,13-6+;. The van der Waals surface area contributed by atoms with Crippen molar-refractivity contribution in [3.05, 3.63) is 89.3 Å². The van der Waals surface area contributed by atoms with Gasteiger partial charge in [-0.05, 0) is 48.7 Å². The highest BCUT2D eigenvalue weighted by Gasteiger charge is 2.24. The van der Waals surface area contributed by atoms with E-state index in [1.54, 1.807) is 32.1 Å². The van der Waals surface area contributed by atoms with Crippen molar-refractivity contribution in [2.75, 3.05) is 5.32 Å². The van der Waals surface area contributed by atoms with Crippen LogP contribution in [0.15, 0.2) is 55.1 Å². The van der Waals surface area contributed by atoms with Gasteiger partial charge >= 0.3 is 0 Å². The van der Waals surface area contributed by atoms with E-state index in [0.29, 0.717) is 11.1 Å². The molecule has 0 fully saturated rings. The number of benzene rings is 2. The predicted molar refractivity (Wildman–Crippen MR) is 114 cm³/mol. The Morgan fingerprint density at radius 2 is 1.79 bits per heavy atom. The van der Waals surface area contributed by atoms with Gasteiger partial charge in [-0.25, -0.2) is 13.2 Å². The van der Waals surface area contributed by atoms with Crippen molar-refractivity contribution in [3.63, 3.8) is 0 Å². The second-order valence-corrected chi connectivity index (χ2v) is 5.80. The molecule has 3 N–H and O–H groups in total. The zero-order valence-electron chi connectivity index (χ0n) is 16.9. The molecule has 2 aromatic rings. The summed E-state index contributed by atoms with van der Waals surface area (Å²) >= 11 is 0. The third kappa shape index (κ3) is 5.60. The number of carbonyl (C=O) groups excluding carboxylic acids is 1. The van der Waals surface area contributed by atoms with Crippen LogP contribution in [0.2, 0.25) is 0 Å². The molecule has 3 nitrogen and oxygen atoms in total. The highest BCUT2D eigenvalue weighted by Crippen LogP contribution is 2.34. The number of rotatable bonds is 6. The van der Waals surface area contributed by atoms with Gasteiger partial charge in [-0.3, -0.25) is 4.79 Å². The lowest BCUT2D eigenvalue weighted by Crippen LogP contribution is -2.18. The fourth-order valence-corrected chi connectivity index (χ4v) is 2.62. The Labute approximate surface area is 169 Å². The molecule has 2 rings (SSSR count). The number of hydrogen-bond acceptors (Lipinski definition) is 2. The van der Waals surface area contributed by atoms with E-state index in [2.05, 4.69) is 11.9 Å². The summed E-state index contributed by atoms with van der Waals surface area (Å²) in [5.74, 6) is -4.19. The number of aryl methyl sites for hydroxylation is 1. The minimum atomic E-state index is -1.33. The molecule has 0 saturated carbocycles. The van der Waals surface area contributed by atoms with Gasteiger partial charge in [-0.15, -0.1) is 0 Å². The smallest absolute Gasteiger partial charge is 0.251 e. The number of hydrogen-bond donors (Lipinski definition) is 2. The Bertz CT molecular complexity index is 963. The van der Waals surface area contributed by atoms with Crippen LogP contribution in [0.5, 0.6) is 0 Å². The minimum Gasteiger partial charge on any atom is -0.366 e. The summed E-state index contributed by atoms with van der Waals surface area (Å²) in [4.78, 5) is 12.1. The quantitative estimate of drug-likeness (QED) is 0.547. The number of halogens is 3. The number of nitrogens with two attached hydrogens (primary N) is 1. The molecule has 0 unspecified atom stereocenters. The molecule has 0 saturated heterocycles. The number of amides is 1. The molecule has 0 bridgehead atoms. The summed E-state index contributed by atoms with van der Waals surface area (Å²) in [6.07, 6.45) is 6.22. The van der Waals surface area contributed by atoms with Crippen LogP contribution in [0.25, 0.3) is 5.57 Å². The van der Waals surface area contributed by atoms with Gasteiger partial charge in [-0.2, -0.15) is 0 Å². The number of allylic oxidation sites excluding steroid dienone is 5. The van der Waals surface area contributed by atoms with E-state index in [4.69, 9.17) is 5.73 Å². The van der Waals surface area contributed by atoms with Crippen LogP contribution in [-0.4, -0.2) is 5.91 Å². The number of carbonyl (C=O) groups is 1. The summed E-state index contributed by atoms with van der Waals surface area (Å²) in [6.45, 7) is 11.0. The third-order valence-electron chi connectivity index (χ3n) is 3.80. The first-order valence-electron chi connectivity index (χ1n) is 9.10. The molecular weight excluding hydrogens is 377 g/mol. The van der Waals surface area contributed by atoms with E-state index in [9.17, 15) is 18.0 Å². The van der Waals surface area contributed by atoms with Crippen molar-refractivity contribution in [1.29, 1.82) is 0 Å². The fourth-order valence-electron chi connectivity index (χ4n) is 2.62. The lowest BCUT2D eigenvalue weighted by molar-refractivity contribution is 0.100. The van der Waals surface area contributed by atoms with Gasteiger partial charge < -0.3 is 11.1 Å². The molecule has 0 aliphatic heterocycles. The second kappa shape index (κ2) is 10.9. The van der Waals surface area contributed by atoms with Crippen LogP contribution in [0, 0.1) is 24.4 Å². The molecule has 0 aromatic heterocycles. The van der Waals surface area contributed by atoms with Crippen LogP contribution in [0.1, 0.15) is 42.3 Å². The van der Waals surface area contributed by atoms with Gasteiger partial charge in [-0.1, -0.05) is 50.8 Å². The predicted octanol–water partition coefficient (Wildman–Crippen LogP) is 6.43. The minimum absolute atomic E-state index is 0.0643. The Kier molecular flexibility index (Phi) is 8.93. The Hall–Kier alpha value is -3.28. The number of primary amides is 1. The number of nitrogens with one attached hydrogen (secondary N) is 1. The van der Waals surface area contributed by atoms with Gasteiger partial charge in [0.2, 0.25) is 0 Å². The average Bonchev–Trinajstić information content (AvgIpc) is 2.68. The topological polar surface area (TPSA) is 55.1 Å². The Morgan fingerprint density at radius 1 is 1.14 bits per heavy atom. The van der Waals surface area contributed by atoms with Crippen LogP contribution in [0.4, 0.5) is 24.5 Å². The normalized spacial score (nSPS) is 11.1. The summed E-state index contributed by atoms with van der Waals surface area (Å²) in [7, 11) is 0. The van der Waals surface area contributed by atoms with Gasteiger partial charge in [0, 0.05) is 0 Å². The Morgan fingerprint density at radius 3 is 2.31 bits per heavy atom. The summed E-state index contributed by atoms with van der Waals surface area (Å²) < 4.78 is 42.9. The van der Waals surface area contributed by atoms with Gasteiger partial charge in [0.05, 0.1) is 16.9 Å². The molecule has 6 heteroatoms. The zero-order chi connectivity index (χ0) is 22.1. The largest absolute Gasteiger partial charge is 0.366 e. The van der Waals surface area contributed by atoms with E-state index in [0.717, 1.165) is 6.07 Å². The van der Waals surface area contributed by atoms with E-state index < -0.39 is 29.0 Å². The molecule has 0 heterocycles. The maximum atomic E-state index is 14.5.